The van der Waals surface area contributed by atoms with Gasteiger partial charge in [0.25, 0.3) is 5.56 Å². The Morgan fingerprint density at radius 3 is 3.04 bits per heavy atom. The van der Waals surface area contributed by atoms with Gasteiger partial charge in [0.05, 0.1) is 5.52 Å². The minimum Gasteiger partial charge on any atom is -0.360 e. The summed E-state index contributed by atoms with van der Waals surface area (Å²) in [4.78, 5) is 17.3. The molecule has 3 aromatic rings. The molecule has 1 aliphatic carbocycles. The highest BCUT2D eigenvalue weighted by Crippen LogP contribution is 2.34. The molecule has 1 aliphatic rings. The summed E-state index contributed by atoms with van der Waals surface area (Å²) in [6.45, 7) is 2.46. The SMILES string of the molecule is Cc1onc2c1c(=O)n(C1CCCC(CN)C1)c1ccncc21.I. The minimum atomic E-state index is -0.0138. The molecule has 0 radical (unpaired) electrons. The molecule has 6 nitrogen and oxygen atoms in total. The van der Waals surface area contributed by atoms with Crippen molar-refractivity contribution in [3.05, 3.63) is 34.6 Å². The van der Waals surface area contributed by atoms with Crippen LogP contribution in [0.3, 0.4) is 0 Å². The van der Waals surface area contributed by atoms with E-state index in [0.29, 0.717) is 29.1 Å². The smallest absolute Gasteiger partial charge is 0.264 e. The van der Waals surface area contributed by atoms with Crippen LogP contribution in [0, 0.1) is 12.8 Å². The van der Waals surface area contributed by atoms with Crippen molar-refractivity contribution >= 4 is 45.8 Å². The summed E-state index contributed by atoms with van der Waals surface area (Å²) in [5, 5.41) is 5.52. The van der Waals surface area contributed by atoms with Gasteiger partial charge in [-0.05, 0) is 44.7 Å². The predicted molar refractivity (Wildman–Crippen MR) is 104 cm³/mol. The largest absolute Gasteiger partial charge is 0.360 e. The van der Waals surface area contributed by atoms with Gasteiger partial charge >= 0.3 is 0 Å². The highest BCUT2D eigenvalue weighted by molar-refractivity contribution is 14.0. The van der Waals surface area contributed by atoms with E-state index in [-0.39, 0.29) is 35.6 Å². The lowest BCUT2D eigenvalue weighted by atomic mass is 9.85. The number of nitrogens with two attached hydrogens (primary N) is 1. The van der Waals surface area contributed by atoms with E-state index in [1.165, 1.54) is 0 Å². The Bertz CT molecular complexity index is 933. The molecule has 3 heterocycles. The molecule has 2 unspecified atom stereocenters. The summed E-state index contributed by atoms with van der Waals surface area (Å²) in [5.74, 6) is 1.05. The Kier molecular flexibility index (Phi) is 4.91. The first-order chi connectivity index (χ1) is 11.2. The normalized spacial score (nSPS) is 21.1. The van der Waals surface area contributed by atoms with Gasteiger partial charge in [-0.1, -0.05) is 11.6 Å². The molecule has 128 valence electrons. The third-order valence-electron chi connectivity index (χ3n) is 5.06. The quantitative estimate of drug-likeness (QED) is 0.619. The van der Waals surface area contributed by atoms with Crippen LogP contribution in [-0.2, 0) is 0 Å². The van der Waals surface area contributed by atoms with E-state index in [4.69, 9.17) is 10.3 Å². The maximum absolute atomic E-state index is 13.1. The van der Waals surface area contributed by atoms with Crippen LogP contribution >= 0.6 is 24.0 Å². The van der Waals surface area contributed by atoms with Crippen LogP contribution in [-0.4, -0.2) is 21.3 Å². The Hall–Kier alpha value is -1.48. The first-order valence-corrected chi connectivity index (χ1v) is 8.15. The summed E-state index contributed by atoms with van der Waals surface area (Å²) < 4.78 is 7.20. The Morgan fingerprint density at radius 2 is 2.25 bits per heavy atom. The van der Waals surface area contributed by atoms with E-state index in [2.05, 4.69) is 10.1 Å². The number of halogens is 1. The first kappa shape index (κ1) is 17.3. The molecule has 24 heavy (non-hydrogen) atoms. The second-order valence-electron chi connectivity index (χ2n) is 6.45. The topological polar surface area (TPSA) is 86.9 Å². The molecule has 3 aromatic heterocycles. The van der Waals surface area contributed by atoms with Crippen molar-refractivity contribution in [2.75, 3.05) is 6.54 Å². The van der Waals surface area contributed by atoms with Crippen molar-refractivity contribution in [3.8, 4) is 0 Å². The van der Waals surface area contributed by atoms with Gasteiger partial charge in [0.15, 0.2) is 0 Å². The zero-order valence-corrected chi connectivity index (χ0v) is 15.9. The number of aromatic nitrogens is 3. The molecule has 2 atom stereocenters. The van der Waals surface area contributed by atoms with Crippen molar-refractivity contribution in [1.29, 1.82) is 0 Å². The lowest BCUT2D eigenvalue weighted by Crippen LogP contribution is -2.31. The molecular formula is C17H21IN4O2. The van der Waals surface area contributed by atoms with Crippen molar-refractivity contribution in [2.45, 2.75) is 38.6 Å². The van der Waals surface area contributed by atoms with E-state index in [0.717, 1.165) is 36.6 Å². The van der Waals surface area contributed by atoms with Crippen molar-refractivity contribution < 1.29 is 4.52 Å². The molecule has 0 bridgehead atoms. The van der Waals surface area contributed by atoms with Crippen molar-refractivity contribution in [2.24, 2.45) is 11.7 Å². The lowest BCUT2D eigenvalue weighted by molar-refractivity contribution is 0.273. The van der Waals surface area contributed by atoms with Gasteiger partial charge in [-0.2, -0.15) is 0 Å². The third-order valence-corrected chi connectivity index (χ3v) is 5.06. The number of nitrogens with zero attached hydrogens (tertiary/aromatic N) is 3. The summed E-state index contributed by atoms with van der Waals surface area (Å²) in [6, 6.07) is 2.07. The molecule has 0 aliphatic heterocycles. The second kappa shape index (κ2) is 6.79. The van der Waals surface area contributed by atoms with Gasteiger partial charge in [-0.25, -0.2) is 0 Å². The van der Waals surface area contributed by atoms with E-state index in [9.17, 15) is 4.79 Å². The predicted octanol–water partition coefficient (Wildman–Crippen LogP) is 3.15. The minimum absolute atomic E-state index is 0. The van der Waals surface area contributed by atoms with Crippen LogP contribution in [0.2, 0.25) is 0 Å². The summed E-state index contributed by atoms with van der Waals surface area (Å²) >= 11 is 0. The van der Waals surface area contributed by atoms with Crippen LogP contribution < -0.4 is 11.3 Å². The monoisotopic (exact) mass is 440 g/mol. The van der Waals surface area contributed by atoms with Crippen LogP contribution in [0.5, 0.6) is 0 Å². The van der Waals surface area contributed by atoms with E-state index < -0.39 is 0 Å². The molecular weight excluding hydrogens is 419 g/mol. The average molecular weight is 440 g/mol. The molecule has 0 saturated heterocycles. The van der Waals surface area contributed by atoms with E-state index >= 15 is 0 Å². The fourth-order valence-corrected chi connectivity index (χ4v) is 3.89. The highest BCUT2D eigenvalue weighted by atomic mass is 127. The maximum atomic E-state index is 13.1. The first-order valence-electron chi connectivity index (χ1n) is 8.15. The zero-order chi connectivity index (χ0) is 16.0. The van der Waals surface area contributed by atoms with Gasteiger partial charge in [0.1, 0.15) is 16.7 Å². The van der Waals surface area contributed by atoms with Gasteiger partial charge in [0.2, 0.25) is 0 Å². The Morgan fingerprint density at radius 1 is 1.42 bits per heavy atom. The van der Waals surface area contributed by atoms with Crippen LogP contribution in [0.1, 0.15) is 37.5 Å². The standard InChI is InChI=1S/C17H20N4O2.HI/c1-10-15-16(20-23-10)13-9-19-6-5-14(13)21(17(15)22)12-4-2-3-11(7-12)8-18;/h5-6,9,11-12H,2-4,7-8,18H2,1H3;1H. The number of hydrogen-bond donors (Lipinski definition) is 1. The Labute approximate surface area is 156 Å². The van der Waals surface area contributed by atoms with Gasteiger partial charge < -0.3 is 14.8 Å². The number of pyridine rings is 2. The number of fused-ring (bicyclic) bond motifs is 3. The maximum Gasteiger partial charge on any atom is 0.264 e. The van der Waals surface area contributed by atoms with Gasteiger partial charge in [-0.15, -0.1) is 24.0 Å². The van der Waals surface area contributed by atoms with Crippen LogP contribution in [0.15, 0.2) is 27.8 Å². The summed E-state index contributed by atoms with van der Waals surface area (Å²) in [7, 11) is 0. The Balaban J connectivity index is 0.00000169. The molecule has 1 saturated carbocycles. The zero-order valence-electron chi connectivity index (χ0n) is 13.6. The fourth-order valence-electron chi connectivity index (χ4n) is 3.89. The van der Waals surface area contributed by atoms with E-state index in [1.807, 2.05) is 10.6 Å². The fraction of sp³-hybridized carbons (Fsp3) is 0.471. The molecule has 0 aromatic carbocycles. The average Bonchev–Trinajstić information content (AvgIpc) is 2.98. The number of hydrogen-bond acceptors (Lipinski definition) is 5. The molecule has 7 heteroatoms. The third kappa shape index (κ3) is 2.63. The summed E-state index contributed by atoms with van der Waals surface area (Å²) in [6.07, 6.45) is 7.69. The second-order valence-corrected chi connectivity index (χ2v) is 6.45. The molecule has 4 rings (SSSR count). The van der Waals surface area contributed by atoms with Crippen LogP contribution in [0.4, 0.5) is 0 Å². The van der Waals surface area contributed by atoms with Crippen molar-refractivity contribution in [1.82, 2.24) is 14.7 Å². The molecule has 0 amide bonds. The van der Waals surface area contributed by atoms with Gasteiger partial charge in [-0.3, -0.25) is 9.78 Å². The lowest BCUT2D eigenvalue weighted by Gasteiger charge is -2.30. The summed E-state index contributed by atoms with van der Waals surface area (Å²) in [5.41, 5.74) is 7.35. The van der Waals surface area contributed by atoms with Crippen molar-refractivity contribution in [3.63, 3.8) is 0 Å². The highest BCUT2D eigenvalue weighted by Gasteiger charge is 2.26. The molecule has 0 spiro atoms. The number of aryl methyl sites for hydroxylation is 1. The molecule has 2 N–H and O–H groups in total. The van der Waals surface area contributed by atoms with Crippen LogP contribution in [0.25, 0.3) is 21.8 Å². The van der Waals surface area contributed by atoms with E-state index in [1.54, 1.807) is 19.3 Å². The number of rotatable bonds is 2. The molecule has 1 fully saturated rings. The van der Waals surface area contributed by atoms with Gasteiger partial charge in [0, 0.05) is 23.8 Å².